The lowest BCUT2D eigenvalue weighted by Crippen LogP contribution is -2.27. The van der Waals surface area contributed by atoms with E-state index in [-0.39, 0.29) is 5.91 Å². The number of hydrogen-bond donors (Lipinski definition) is 3. The van der Waals surface area contributed by atoms with Crippen LogP contribution in [0.1, 0.15) is 28.8 Å². The minimum Gasteiger partial charge on any atom is -0.352 e. The summed E-state index contributed by atoms with van der Waals surface area (Å²) in [6, 6.07) is 3.41. The van der Waals surface area contributed by atoms with E-state index in [0.717, 1.165) is 17.9 Å². The van der Waals surface area contributed by atoms with Gasteiger partial charge in [-0.2, -0.15) is 0 Å². The highest BCUT2D eigenvalue weighted by Crippen LogP contribution is 2.10. The quantitative estimate of drug-likeness (QED) is 0.535. The largest absolute Gasteiger partial charge is 0.352 e. The van der Waals surface area contributed by atoms with Gasteiger partial charge in [-0.1, -0.05) is 6.92 Å². The zero-order valence-corrected chi connectivity index (χ0v) is 12.3. The Morgan fingerprint density at radius 2 is 2.24 bits per heavy atom. The zero-order valence-electron chi connectivity index (χ0n) is 12.3. The van der Waals surface area contributed by atoms with Crippen molar-refractivity contribution in [3.63, 3.8) is 0 Å². The lowest BCUT2D eigenvalue weighted by molar-refractivity contribution is 0.0953. The van der Waals surface area contributed by atoms with Crippen molar-refractivity contribution < 1.29 is 4.79 Å². The van der Waals surface area contributed by atoms with Crippen LogP contribution in [0, 0.1) is 0 Å². The smallest absolute Gasteiger partial charge is 0.251 e. The maximum atomic E-state index is 12.2. The van der Waals surface area contributed by atoms with Gasteiger partial charge in [0.05, 0.1) is 0 Å². The van der Waals surface area contributed by atoms with E-state index in [1.54, 1.807) is 18.3 Å². The zero-order chi connectivity index (χ0) is 15.2. The van der Waals surface area contributed by atoms with Crippen molar-refractivity contribution >= 4 is 11.7 Å². The number of aromatic nitrogens is 3. The van der Waals surface area contributed by atoms with Crippen molar-refractivity contribution in [1.82, 2.24) is 19.9 Å². The van der Waals surface area contributed by atoms with Gasteiger partial charge in [-0.3, -0.25) is 4.79 Å². The maximum Gasteiger partial charge on any atom is 0.251 e. The summed E-state index contributed by atoms with van der Waals surface area (Å²) in [5, 5.41) is 2.88. The van der Waals surface area contributed by atoms with E-state index in [9.17, 15) is 4.79 Å². The minimum atomic E-state index is -0.141. The third-order valence-corrected chi connectivity index (χ3v) is 3.21. The number of rotatable bonds is 6. The second kappa shape index (κ2) is 6.85. The third kappa shape index (κ3) is 3.79. The predicted octanol–water partition coefficient (Wildman–Crippen LogP) is 0.636. The summed E-state index contributed by atoms with van der Waals surface area (Å²) >= 11 is 0. The van der Waals surface area contributed by atoms with E-state index in [4.69, 9.17) is 5.84 Å². The molecule has 0 saturated heterocycles. The minimum absolute atomic E-state index is 0.141. The molecule has 0 radical (unpaired) electrons. The van der Waals surface area contributed by atoms with Crippen molar-refractivity contribution in [2.24, 2.45) is 12.9 Å². The molecule has 112 valence electrons. The molecule has 0 unspecified atom stereocenters. The standard InChI is InChI=1S/C14H20N6O/c1-3-11-8-10(9-12(18-11)19-15)14(21)17-5-4-13-16-6-7-20(13)2/h6-9H,3-5,15H2,1-2H3,(H,17,21)(H,18,19). The number of hydrogen-bond acceptors (Lipinski definition) is 5. The number of hydrazine groups is 1. The molecule has 0 bridgehead atoms. The van der Waals surface area contributed by atoms with Gasteiger partial charge in [0.2, 0.25) is 0 Å². The lowest BCUT2D eigenvalue weighted by Gasteiger charge is -2.08. The van der Waals surface area contributed by atoms with Crippen LogP contribution in [0.25, 0.3) is 0 Å². The first-order valence-electron chi connectivity index (χ1n) is 6.86. The molecule has 0 spiro atoms. The van der Waals surface area contributed by atoms with E-state index in [1.807, 2.05) is 24.7 Å². The molecule has 21 heavy (non-hydrogen) atoms. The van der Waals surface area contributed by atoms with Crippen LogP contribution >= 0.6 is 0 Å². The summed E-state index contributed by atoms with van der Waals surface area (Å²) < 4.78 is 1.93. The predicted molar refractivity (Wildman–Crippen MR) is 80.7 cm³/mol. The second-order valence-electron chi connectivity index (χ2n) is 4.69. The molecule has 2 rings (SSSR count). The van der Waals surface area contributed by atoms with Crippen LogP contribution in [-0.4, -0.2) is 27.0 Å². The van der Waals surface area contributed by atoms with Gasteiger partial charge in [-0.25, -0.2) is 15.8 Å². The number of nitrogens with one attached hydrogen (secondary N) is 2. The number of imidazole rings is 1. The molecule has 2 aromatic rings. The fraction of sp³-hybridized carbons (Fsp3) is 0.357. The molecule has 0 aliphatic carbocycles. The van der Waals surface area contributed by atoms with Crippen LogP contribution < -0.4 is 16.6 Å². The van der Waals surface area contributed by atoms with Gasteiger partial charge < -0.3 is 15.3 Å². The van der Waals surface area contributed by atoms with Gasteiger partial charge in [-0.05, 0) is 18.6 Å². The molecule has 0 aliphatic heterocycles. The van der Waals surface area contributed by atoms with Gasteiger partial charge >= 0.3 is 0 Å². The van der Waals surface area contributed by atoms with Crippen LogP contribution in [0.15, 0.2) is 24.5 Å². The van der Waals surface area contributed by atoms with E-state index in [2.05, 4.69) is 20.7 Å². The Kier molecular flexibility index (Phi) is 4.89. The molecule has 0 atom stereocenters. The fourth-order valence-corrected chi connectivity index (χ4v) is 2.00. The number of anilines is 1. The average molecular weight is 288 g/mol. The molecular weight excluding hydrogens is 268 g/mol. The summed E-state index contributed by atoms with van der Waals surface area (Å²) in [7, 11) is 1.93. The molecule has 4 N–H and O–H groups in total. The first kappa shape index (κ1) is 15.0. The molecular formula is C14H20N6O. The molecule has 2 heterocycles. The summed E-state index contributed by atoms with van der Waals surface area (Å²) in [6.07, 6.45) is 5.05. The van der Waals surface area contributed by atoms with Crippen LogP contribution in [0.3, 0.4) is 0 Å². The van der Waals surface area contributed by atoms with Crippen LogP contribution in [-0.2, 0) is 19.9 Å². The molecule has 0 fully saturated rings. The molecule has 2 aromatic heterocycles. The lowest BCUT2D eigenvalue weighted by atomic mass is 10.2. The highest BCUT2D eigenvalue weighted by Gasteiger charge is 2.09. The molecule has 1 amide bonds. The van der Waals surface area contributed by atoms with Crippen molar-refractivity contribution in [2.45, 2.75) is 19.8 Å². The number of aryl methyl sites for hydroxylation is 2. The second-order valence-corrected chi connectivity index (χ2v) is 4.69. The van der Waals surface area contributed by atoms with Gasteiger partial charge in [0.1, 0.15) is 11.6 Å². The van der Waals surface area contributed by atoms with E-state index in [1.165, 1.54) is 0 Å². The number of nitrogens with zero attached hydrogens (tertiary/aromatic N) is 3. The van der Waals surface area contributed by atoms with Crippen LogP contribution in [0.5, 0.6) is 0 Å². The van der Waals surface area contributed by atoms with Gasteiger partial charge in [0, 0.05) is 43.7 Å². The molecule has 0 aliphatic rings. The number of pyridine rings is 1. The van der Waals surface area contributed by atoms with Crippen molar-refractivity contribution in [3.05, 3.63) is 41.6 Å². The fourth-order valence-electron chi connectivity index (χ4n) is 2.00. The van der Waals surface area contributed by atoms with Gasteiger partial charge in [0.25, 0.3) is 5.91 Å². The Hall–Kier alpha value is -2.41. The van der Waals surface area contributed by atoms with Crippen LogP contribution in [0.2, 0.25) is 0 Å². The maximum absolute atomic E-state index is 12.2. The summed E-state index contributed by atoms with van der Waals surface area (Å²) in [4.78, 5) is 20.6. The number of carbonyl (C=O) groups excluding carboxylic acids is 1. The summed E-state index contributed by atoms with van der Waals surface area (Å²) in [5.74, 6) is 6.65. The Morgan fingerprint density at radius 1 is 1.43 bits per heavy atom. The number of nitrogen functional groups attached to an aromatic ring is 1. The Labute approximate surface area is 123 Å². The van der Waals surface area contributed by atoms with E-state index >= 15 is 0 Å². The normalized spacial score (nSPS) is 10.4. The Balaban J connectivity index is 1.98. The van der Waals surface area contributed by atoms with Crippen molar-refractivity contribution in [2.75, 3.05) is 12.0 Å². The van der Waals surface area contributed by atoms with E-state index in [0.29, 0.717) is 24.3 Å². The topological polar surface area (TPSA) is 97.9 Å². The van der Waals surface area contributed by atoms with Crippen molar-refractivity contribution in [3.8, 4) is 0 Å². The third-order valence-electron chi connectivity index (χ3n) is 3.21. The van der Waals surface area contributed by atoms with Gasteiger partial charge in [-0.15, -0.1) is 0 Å². The van der Waals surface area contributed by atoms with Crippen molar-refractivity contribution in [1.29, 1.82) is 0 Å². The SMILES string of the molecule is CCc1cc(C(=O)NCCc2nccn2C)cc(NN)n1. The molecule has 0 saturated carbocycles. The molecule has 7 nitrogen and oxygen atoms in total. The monoisotopic (exact) mass is 288 g/mol. The first-order chi connectivity index (χ1) is 10.1. The Morgan fingerprint density at radius 3 is 2.86 bits per heavy atom. The van der Waals surface area contributed by atoms with Gasteiger partial charge in [0.15, 0.2) is 0 Å². The molecule has 7 heteroatoms. The molecule has 0 aromatic carbocycles. The van der Waals surface area contributed by atoms with E-state index < -0.39 is 0 Å². The highest BCUT2D eigenvalue weighted by atomic mass is 16.1. The number of amides is 1. The Bertz CT molecular complexity index is 599. The van der Waals surface area contributed by atoms with Crippen LogP contribution in [0.4, 0.5) is 5.82 Å². The summed E-state index contributed by atoms with van der Waals surface area (Å²) in [5.41, 5.74) is 3.85. The number of nitrogens with two attached hydrogens (primary N) is 1. The summed E-state index contributed by atoms with van der Waals surface area (Å²) in [6.45, 7) is 2.50. The average Bonchev–Trinajstić information content (AvgIpc) is 2.92. The highest BCUT2D eigenvalue weighted by molar-refractivity contribution is 5.95. The first-order valence-corrected chi connectivity index (χ1v) is 6.86. The number of carbonyl (C=O) groups is 1.